The molecule has 2 aliphatic carbocycles. The molecule has 1 spiro atoms. The third-order valence-electron chi connectivity index (χ3n) is 22.1. The van der Waals surface area contributed by atoms with Crippen molar-refractivity contribution in [3.8, 4) is 10.4 Å². The smallest absolute Gasteiger partial charge is 0.391 e. The number of unbranched alkanes of at least 4 members (excludes halogenated alkanes) is 2. The summed E-state index contributed by atoms with van der Waals surface area (Å²) < 4.78 is 116. The van der Waals surface area contributed by atoms with E-state index in [1.54, 1.807) is 41.1 Å². The van der Waals surface area contributed by atoms with Crippen LogP contribution in [-0.2, 0) is 39.0 Å². The van der Waals surface area contributed by atoms with Crippen molar-refractivity contribution >= 4 is 101 Å². The number of likely N-dealkylation sites (tertiary alicyclic amines) is 3. The Morgan fingerprint density at radius 2 is 1.49 bits per heavy atom. The van der Waals surface area contributed by atoms with Crippen LogP contribution in [0.3, 0.4) is 0 Å². The second-order valence-corrected chi connectivity index (χ2v) is 37.0. The van der Waals surface area contributed by atoms with E-state index >= 15 is 4.39 Å². The molecule has 108 heavy (non-hydrogen) atoms. The molecule has 12 rings (SSSR count). The fraction of sp³-hybridized carbons (Fsp3) is 0.494. The number of aliphatic hydroxyl groups excluding tert-OH is 1. The van der Waals surface area contributed by atoms with Crippen LogP contribution in [-0.4, -0.2) is 184 Å². The minimum Gasteiger partial charge on any atom is -0.391 e. The Hall–Kier alpha value is -7.44. The first-order valence-electron chi connectivity index (χ1n) is 37.1. The number of aliphatic hydroxyl groups is 1. The Bertz CT molecular complexity index is 4520. The Morgan fingerprint density at radius 1 is 0.796 bits per heavy atom. The Balaban J connectivity index is 0.604. The summed E-state index contributed by atoms with van der Waals surface area (Å²) in [6, 6.07) is 27.6. The predicted molar refractivity (Wildman–Crippen MR) is 412 cm³/mol. The van der Waals surface area contributed by atoms with Gasteiger partial charge in [0, 0.05) is 130 Å². The van der Waals surface area contributed by atoms with E-state index in [1.807, 2.05) is 98.8 Å². The van der Waals surface area contributed by atoms with Gasteiger partial charge in [0.05, 0.1) is 38.8 Å². The van der Waals surface area contributed by atoms with Gasteiger partial charge in [-0.3, -0.25) is 28.9 Å². The maximum atomic E-state index is 15.2. The first kappa shape index (κ1) is 80.1. The molecule has 1 aromatic heterocycles. The molecule has 0 bridgehead atoms. The number of sulfonamides is 1. The van der Waals surface area contributed by atoms with Crippen molar-refractivity contribution in [3.05, 3.63) is 160 Å². The molecule has 6 aliphatic rings. The molecule has 5 aromatic carbocycles. The van der Waals surface area contributed by atoms with Crippen LogP contribution in [0.2, 0.25) is 5.02 Å². The number of amides is 5. The molecule has 5 N–H and O–H groups in total. The number of alkyl halides is 3. The number of thioether (sulfide) groups is 1. The van der Waals surface area contributed by atoms with E-state index in [0.29, 0.717) is 107 Å². The second-order valence-electron chi connectivity index (χ2n) is 31.0. The number of nitrogens with one attached hydrogen (secondary N) is 4. The largest absolute Gasteiger partial charge is 0.501 e. The van der Waals surface area contributed by atoms with E-state index in [2.05, 4.69) is 35.6 Å². The van der Waals surface area contributed by atoms with Crippen molar-refractivity contribution in [2.75, 3.05) is 88.0 Å². The number of hydrogen-bond donors (Lipinski definition) is 5. The average Bonchev–Trinajstić information content (AvgIpc) is 1.34. The minimum atomic E-state index is -6.19. The summed E-state index contributed by atoms with van der Waals surface area (Å²) in [6.07, 6.45) is 6.59. The Labute approximate surface area is 643 Å². The maximum absolute atomic E-state index is 15.2. The number of benzene rings is 5. The van der Waals surface area contributed by atoms with Crippen molar-refractivity contribution in [1.29, 1.82) is 0 Å². The molecule has 4 aliphatic heterocycles. The van der Waals surface area contributed by atoms with E-state index in [1.165, 1.54) is 53.3 Å². The fourth-order valence-corrected chi connectivity index (χ4v) is 19.7. The SMILES string of the molecule is Cc1ncsc1-c1ccc([C@H](C)NC(=O)C2CC(O)CN2C(=O)[C@@H](NC(=O)CCCCCC(=O)N2CC3CN(CC[C@H](CSc4ccccc4)Nc4ccc(S(=O)(=O)NC(=O)c5ccc(N6CCN(CC7=C(c8ccc(Cl)cc8F)CCC8(CC8)C7)CC6)cc5)cc4S(=O)(=O)C(F)(F)F)CC3C2)C(C)(C)C)cc1. The van der Waals surface area contributed by atoms with Gasteiger partial charge in [-0.2, -0.15) is 13.2 Å². The third kappa shape index (κ3) is 19.3. The van der Waals surface area contributed by atoms with Gasteiger partial charge in [-0.05, 0) is 171 Å². The monoisotopic (exact) mass is 1580 g/mol. The molecule has 4 saturated heterocycles. The zero-order valence-electron chi connectivity index (χ0n) is 61.4. The van der Waals surface area contributed by atoms with Gasteiger partial charge in [0.1, 0.15) is 22.8 Å². The van der Waals surface area contributed by atoms with Gasteiger partial charge in [-0.25, -0.2) is 30.9 Å². The summed E-state index contributed by atoms with van der Waals surface area (Å²) in [7, 11) is -11.1. The molecule has 1 saturated carbocycles. The molecule has 29 heteroatoms. The van der Waals surface area contributed by atoms with Crippen LogP contribution in [0, 0.1) is 35.4 Å². The summed E-state index contributed by atoms with van der Waals surface area (Å²) in [4.78, 5) is 82.9. The predicted octanol–water partition coefficient (Wildman–Crippen LogP) is 12.5. The van der Waals surface area contributed by atoms with Crippen molar-refractivity contribution in [3.63, 3.8) is 0 Å². The van der Waals surface area contributed by atoms with E-state index in [9.17, 15) is 59.1 Å². The van der Waals surface area contributed by atoms with E-state index in [-0.39, 0.29) is 66.6 Å². The summed E-state index contributed by atoms with van der Waals surface area (Å²) in [5.74, 6) is -2.02. The lowest BCUT2D eigenvalue weighted by molar-refractivity contribution is -0.144. The normalized spacial score (nSPS) is 20.7. The van der Waals surface area contributed by atoms with Gasteiger partial charge in [-0.15, -0.1) is 23.1 Å². The number of allylic oxidation sites excluding steroid dienone is 1. The maximum Gasteiger partial charge on any atom is 0.501 e. The van der Waals surface area contributed by atoms with Crippen LogP contribution in [0.25, 0.3) is 16.0 Å². The van der Waals surface area contributed by atoms with Crippen LogP contribution >= 0.6 is 34.7 Å². The zero-order chi connectivity index (χ0) is 77.0. The van der Waals surface area contributed by atoms with Crippen molar-refractivity contribution in [2.45, 2.75) is 162 Å². The number of β-amino-alcohol motifs (C(OH)–C–C–N with tert-alkyl or cyclic N) is 1. The fourth-order valence-electron chi connectivity index (χ4n) is 15.8. The number of halogens is 5. The summed E-state index contributed by atoms with van der Waals surface area (Å²) in [5.41, 5.74) is 1.53. The number of thiazole rings is 1. The van der Waals surface area contributed by atoms with Crippen LogP contribution in [0.15, 0.2) is 141 Å². The van der Waals surface area contributed by atoms with E-state index < -0.39 is 94.3 Å². The standard InChI is InChI=1S/C79H95ClF4N10O10S4/c1-50(52-16-18-53(19-17-52)72-51(2)85-49-106-72)86-75(99)68-39-61(95)47-94(68)76(100)73(77(3,4)5)88-70(96)14-10-7-11-15-71(97)93-45-56-43-91(44-57(56)46-93)33-29-59(48-105-62-12-8-6-9-13-62)87-67-27-25-63(40-69(67)107(101,102)79(82,83)84)108(103,104)89-74(98)54-20-23-60(24-21-54)92-36-34-90(35-37-92)42-55-41-78(31-32-78)30-28-64(55)65-26-22-58(80)38-66(65)81/h6,8-9,12-13,16-27,38,40,49-50,56-57,59,61,68,73,87,95H,7,10-11,14-15,28-37,39,41-48H2,1-5H3,(H,86,99)(H,88,96)(H,89,98)/t50-,56?,57?,59+,61?,68?,73+/m0/s1. The first-order valence-corrected chi connectivity index (χ1v) is 42.3. The highest BCUT2D eigenvalue weighted by molar-refractivity contribution is 7.99. The number of piperazine rings is 1. The number of sulfone groups is 1. The molecular weight excluding hydrogens is 1490 g/mol. The number of anilines is 2. The molecule has 20 nitrogen and oxygen atoms in total. The molecule has 4 unspecified atom stereocenters. The molecule has 0 radical (unpaired) electrons. The highest BCUT2D eigenvalue weighted by atomic mass is 35.5. The van der Waals surface area contributed by atoms with Gasteiger partial charge in [0.25, 0.3) is 25.8 Å². The summed E-state index contributed by atoms with van der Waals surface area (Å²) in [5, 5.41) is 20.1. The van der Waals surface area contributed by atoms with Crippen LogP contribution in [0.4, 0.5) is 28.9 Å². The lowest BCUT2D eigenvalue weighted by Crippen LogP contribution is -2.57. The first-order chi connectivity index (χ1) is 51.3. The lowest BCUT2D eigenvalue weighted by atomic mass is 9.78. The number of aromatic nitrogens is 1. The Kier molecular flexibility index (Phi) is 24.9. The summed E-state index contributed by atoms with van der Waals surface area (Å²) in [6.45, 7) is 15.5. The molecule has 580 valence electrons. The second kappa shape index (κ2) is 33.6. The molecule has 5 fully saturated rings. The molecule has 5 heterocycles. The lowest BCUT2D eigenvalue weighted by Gasteiger charge is -2.38. The number of rotatable bonds is 28. The van der Waals surface area contributed by atoms with Crippen LogP contribution in [0.5, 0.6) is 0 Å². The van der Waals surface area contributed by atoms with Gasteiger partial charge in [-0.1, -0.05) is 92.9 Å². The summed E-state index contributed by atoms with van der Waals surface area (Å²) >= 11 is 9.06. The van der Waals surface area contributed by atoms with Crippen molar-refractivity contribution in [1.82, 2.24) is 39.9 Å². The van der Waals surface area contributed by atoms with Gasteiger partial charge < -0.3 is 40.7 Å². The number of carbonyl (C=O) groups is 5. The van der Waals surface area contributed by atoms with Crippen LogP contribution in [0.1, 0.15) is 138 Å². The number of nitrogens with zero attached hydrogens (tertiary/aromatic N) is 6. The molecular formula is C79H95ClF4N10O10S4. The van der Waals surface area contributed by atoms with E-state index in [4.69, 9.17) is 11.6 Å². The molecule has 7 atom stereocenters. The highest BCUT2D eigenvalue weighted by Crippen LogP contribution is 2.59. The van der Waals surface area contributed by atoms with Gasteiger partial charge >= 0.3 is 5.51 Å². The average molecular weight is 1580 g/mol. The highest BCUT2D eigenvalue weighted by Gasteiger charge is 2.50. The molecule has 6 aromatic rings. The minimum absolute atomic E-state index is 0.000592. The zero-order valence-corrected chi connectivity index (χ0v) is 65.4. The number of hydrogen-bond acceptors (Lipinski definition) is 17. The van der Waals surface area contributed by atoms with Crippen molar-refractivity contribution < 1.29 is 63.5 Å². The number of aryl methyl sites for hydroxylation is 1. The van der Waals surface area contributed by atoms with E-state index in [0.717, 1.165) is 75.8 Å². The third-order valence-corrected chi connectivity index (χ3v) is 27.4. The Morgan fingerprint density at radius 3 is 2.14 bits per heavy atom. The van der Waals surface area contributed by atoms with Crippen molar-refractivity contribution in [2.24, 2.45) is 22.7 Å². The number of carbonyl (C=O) groups excluding carboxylic acids is 5. The number of fused-ring (bicyclic) bond motifs is 1. The van der Waals surface area contributed by atoms with Gasteiger partial charge in [0.2, 0.25) is 23.6 Å². The van der Waals surface area contributed by atoms with Gasteiger partial charge in [0.15, 0.2) is 0 Å². The topological polar surface area (TPSA) is 251 Å². The van der Waals surface area contributed by atoms with Crippen LogP contribution < -0.4 is 25.6 Å². The molecule has 5 amide bonds. The quantitative estimate of drug-likeness (QED) is 0.0174.